The summed E-state index contributed by atoms with van der Waals surface area (Å²) in [6, 6.07) is 7.91. The molecule has 0 radical (unpaired) electrons. The third-order valence-corrected chi connectivity index (χ3v) is 2.55. The summed E-state index contributed by atoms with van der Waals surface area (Å²) < 4.78 is 39.0. The maximum absolute atomic E-state index is 13.0. The minimum Gasteiger partial charge on any atom is -0.384 e. The highest BCUT2D eigenvalue weighted by molar-refractivity contribution is 5.70. The monoisotopic (exact) mass is 263 g/mol. The van der Waals surface area contributed by atoms with Gasteiger partial charge in [0.2, 0.25) is 0 Å². The van der Waals surface area contributed by atoms with Crippen molar-refractivity contribution in [1.82, 2.24) is 4.98 Å². The van der Waals surface area contributed by atoms with Crippen molar-refractivity contribution >= 4 is 5.82 Å². The predicted octanol–water partition coefficient (Wildman–Crippen LogP) is 3.22. The first-order valence-corrected chi connectivity index (χ1v) is 5.25. The van der Waals surface area contributed by atoms with Gasteiger partial charge in [-0.15, -0.1) is 0 Å². The maximum atomic E-state index is 13.0. The second-order valence-electron chi connectivity index (χ2n) is 3.84. The zero-order chi connectivity index (χ0) is 14.0. The fourth-order valence-corrected chi connectivity index (χ4v) is 1.72. The number of nitriles is 1. The zero-order valence-electron chi connectivity index (χ0n) is 9.57. The van der Waals surface area contributed by atoms with Gasteiger partial charge in [-0.1, -0.05) is 6.07 Å². The molecule has 1 aromatic heterocycles. The van der Waals surface area contributed by atoms with E-state index in [2.05, 4.69) is 4.98 Å². The maximum Gasteiger partial charge on any atom is 0.417 e. The van der Waals surface area contributed by atoms with Crippen LogP contribution in [0.4, 0.5) is 19.0 Å². The first-order valence-electron chi connectivity index (χ1n) is 5.25. The minimum atomic E-state index is -4.54. The van der Waals surface area contributed by atoms with Crippen LogP contribution in [0.15, 0.2) is 36.5 Å². The van der Waals surface area contributed by atoms with E-state index >= 15 is 0 Å². The van der Waals surface area contributed by atoms with Crippen LogP contribution in [0.5, 0.6) is 0 Å². The molecule has 0 saturated carbocycles. The number of halogens is 3. The number of aromatic nitrogens is 1. The van der Waals surface area contributed by atoms with E-state index in [0.29, 0.717) is 5.56 Å². The van der Waals surface area contributed by atoms with E-state index in [9.17, 15) is 13.2 Å². The van der Waals surface area contributed by atoms with Gasteiger partial charge in [-0.25, -0.2) is 4.98 Å². The molecule has 2 aromatic rings. The van der Waals surface area contributed by atoms with Gasteiger partial charge in [-0.3, -0.25) is 0 Å². The van der Waals surface area contributed by atoms with Crippen LogP contribution in [0.25, 0.3) is 11.1 Å². The molecule has 2 N–H and O–H groups in total. The second kappa shape index (κ2) is 4.61. The van der Waals surface area contributed by atoms with Gasteiger partial charge in [0, 0.05) is 6.20 Å². The molecule has 6 heteroatoms. The molecule has 0 aliphatic rings. The lowest BCUT2D eigenvalue weighted by Crippen LogP contribution is -2.08. The molecule has 3 nitrogen and oxygen atoms in total. The van der Waals surface area contributed by atoms with Gasteiger partial charge in [0.05, 0.1) is 17.2 Å². The average Bonchev–Trinajstić information content (AvgIpc) is 2.37. The normalized spacial score (nSPS) is 11.1. The molecule has 0 aliphatic carbocycles. The highest BCUT2D eigenvalue weighted by Gasteiger charge is 2.34. The van der Waals surface area contributed by atoms with Crippen LogP contribution in [0.2, 0.25) is 0 Å². The van der Waals surface area contributed by atoms with Crippen LogP contribution in [0.1, 0.15) is 11.1 Å². The lowest BCUT2D eigenvalue weighted by atomic mass is 9.98. The van der Waals surface area contributed by atoms with E-state index < -0.39 is 11.7 Å². The lowest BCUT2D eigenvalue weighted by molar-refractivity contribution is -0.137. The Bertz CT molecular complexity index is 657. The first-order chi connectivity index (χ1) is 8.91. The SMILES string of the molecule is N#Cc1ccc(-c2ccnc(N)c2)c(C(F)(F)F)c1. The van der Waals surface area contributed by atoms with Crippen LogP contribution < -0.4 is 5.73 Å². The van der Waals surface area contributed by atoms with E-state index in [1.165, 1.54) is 30.5 Å². The topological polar surface area (TPSA) is 62.7 Å². The van der Waals surface area contributed by atoms with Crippen LogP contribution in [-0.4, -0.2) is 4.98 Å². The molecule has 0 saturated heterocycles. The number of hydrogen-bond acceptors (Lipinski definition) is 3. The summed E-state index contributed by atoms with van der Waals surface area (Å²) in [5.41, 5.74) is 4.84. The lowest BCUT2D eigenvalue weighted by Gasteiger charge is -2.13. The number of alkyl halides is 3. The van der Waals surface area contributed by atoms with E-state index in [1.807, 2.05) is 0 Å². The largest absolute Gasteiger partial charge is 0.417 e. The summed E-state index contributed by atoms with van der Waals surface area (Å²) >= 11 is 0. The molecule has 19 heavy (non-hydrogen) atoms. The molecule has 1 heterocycles. The van der Waals surface area contributed by atoms with Gasteiger partial charge in [0.25, 0.3) is 0 Å². The van der Waals surface area contributed by atoms with Crippen LogP contribution in [0.3, 0.4) is 0 Å². The zero-order valence-corrected chi connectivity index (χ0v) is 9.57. The Balaban J connectivity index is 2.67. The third-order valence-electron chi connectivity index (χ3n) is 2.55. The molecule has 0 fully saturated rings. The number of nitrogens with zero attached hydrogens (tertiary/aromatic N) is 2. The highest BCUT2D eigenvalue weighted by atomic mass is 19.4. The Morgan fingerprint density at radius 1 is 1.16 bits per heavy atom. The summed E-state index contributed by atoms with van der Waals surface area (Å²) in [5.74, 6) is 0.134. The van der Waals surface area contributed by atoms with Crippen molar-refractivity contribution < 1.29 is 13.2 Å². The van der Waals surface area contributed by atoms with Gasteiger partial charge in [0.15, 0.2) is 0 Å². The number of hydrogen-bond donors (Lipinski definition) is 1. The molecule has 0 amide bonds. The molecule has 96 valence electrons. The molecule has 2 rings (SSSR count). The number of nitrogens with two attached hydrogens (primary N) is 1. The second-order valence-corrected chi connectivity index (χ2v) is 3.84. The summed E-state index contributed by atoms with van der Waals surface area (Å²) in [6.45, 7) is 0. The first kappa shape index (κ1) is 12.9. The van der Waals surface area contributed by atoms with Gasteiger partial charge in [0.1, 0.15) is 5.82 Å². The van der Waals surface area contributed by atoms with Crippen LogP contribution >= 0.6 is 0 Å². The van der Waals surface area contributed by atoms with Crippen molar-refractivity contribution in [3.8, 4) is 17.2 Å². The minimum absolute atomic E-state index is 0.0272. The molecule has 0 unspecified atom stereocenters. The number of nitrogen functional groups attached to an aromatic ring is 1. The third kappa shape index (κ3) is 2.65. The molecule has 0 bridgehead atoms. The number of benzene rings is 1. The Hall–Kier alpha value is -2.55. The molecular weight excluding hydrogens is 255 g/mol. The smallest absolute Gasteiger partial charge is 0.384 e. The van der Waals surface area contributed by atoms with Crippen LogP contribution in [0, 0.1) is 11.3 Å². The fraction of sp³-hybridized carbons (Fsp3) is 0.0769. The van der Waals surface area contributed by atoms with Gasteiger partial charge in [-0.2, -0.15) is 18.4 Å². The summed E-state index contributed by atoms with van der Waals surface area (Å²) in [7, 11) is 0. The van der Waals surface area contributed by atoms with E-state index in [4.69, 9.17) is 11.0 Å². The summed E-state index contributed by atoms with van der Waals surface area (Å²) in [4.78, 5) is 3.74. The molecule has 0 atom stereocenters. The number of rotatable bonds is 1. The van der Waals surface area contributed by atoms with Crippen molar-refractivity contribution in [3.05, 3.63) is 47.7 Å². The van der Waals surface area contributed by atoms with E-state index in [1.54, 1.807) is 6.07 Å². The Labute approximate surface area is 107 Å². The Kier molecular flexibility index (Phi) is 3.13. The van der Waals surface area contributed by atoms with Crippen LogP contribution in [-0.2, 0) is 6.18 Å². The fourth-order valence-electron chi connectivity index (χ4n) is 1.72. The Morgan fingerprint density at radius 2 is 1.89 bits per heavy atom. The van der Waals surface area contributed by atoms with E-state index in [-0.39, 0.29) is 16.9 Å². The number of pyridine rings is 1. The standard InChI is InChI=1S/C13H8F3N3/c14-13(15,16)11-5-8(7-17)1-2-10(11)9-3-4-19-12(18)6-9/h1-6H,(H2,18,19). The molecule has 0 aliphatic heterocycles. The van der Waals surface area contributed by atoms with Gasteiger partial charge >= 0.3 is 6.18 Å². The predicted molar refractivity (Wildman–Crippen MR) is 63.8 cm³/mol. The molecule has 1 aromatic carbocycles. The number of anilines is 1. The summed E-state index contributed by atoms with van der Waals surface area (Å²) in [6.07, 6.45) is -3.21. The van der Waals surface area contributed by atoms with Crippen molar-refractivity contribution in [3.63, 3.8) is 0 Å². The van der Waals surface area contributed by atoms with Crippen molar-refractivity contribution in [2.24, 2.45) is 0 Å². The van der Waals surface area contributed by atoms with Crippen molar-refractivity contribution in [2.45, 2.75) is 6.18 Å². The molecular formula is C13H8F3N3. The van der Waals surface area contributed by atoms with Crippen molar-refractivity contribution in [1.29, 1.82) is 5.26 Å². The van der Waals surface area contributed by atoms with Gasteiger partial charge < -0.3 is 5.73 Å². The average molecular weight is 263 g/mol. The quantitative estimate of drug-likeness (QED) is 0.859. The van der Waals surface area contributed by atoms with Crippen molar-refractivity contribution in [2.75, 3.05) is 5.73 Å². The summed E-state index contributed by atoms with van der Waals surface area (Å²) in [5, 5.41) is 8.69. The van der Waals surface area contributed by atoms with E-state index in [0.717, 1.165) is 6.07 Å². The van der Waals surface area contributed by atoms with Gasteiger partial charge in [-0.05, 0) is 35.4 Å². The Morgan fingerprint density at radius 3 is 2.47 bits per heavy atom. The molecule has 0 spiro atoms. The highest BCUT2D eigenvalue weighted by Crippen LogP contribution is 2.37.